The molecular formula is C27H38N6O. The van der Waals surface area contributed by atoms with Crippen molar-refractivity contribution in [3.63, 3.8) is 0 Å². The maximum absolute atomic E-state index is 12.8. The number of benzene rings is 1. The van der Waals surface area contributed by atoms with Crippen molar-refractivity contribution in [3.05, 3.63) is 47.0 Å². The van der Waals surface area contributed by atoms with Crippen LogP contribution in [0.25, 0.3) is 17.2 Å². The number of likely N-dealkylation sites (tertiary alicyclic amines) is 2. The van der Waals surface area contributed by atoms with E-state index in [1.807, 2.05) is 30.9 Å². The standard InChI is InChI=1S/C27H38N6O/c1-20-10-11-22(24-18-29-31(4)25(24)19-32-12-6-5-7-13-32)16-23(20)17-26(28-3)30-27(34)21(2)33-14-8-9-15-33/h10-11,16-18,21H,3,5-9,12-15,19H2,1-2,4H3,(H,30,34)/b26-17+. The van der Waals surface area contributed by atoms with Crippen molar-refractivity contribution in [2.45, 2.75) is 58.5 Å². The van der Waals surface area contributed by atoms with Gasteiger partial charge in [0.1, 0.15) is 5.82 Å². The zero-order chi connectivity index (χ0) is 24.1. The van der Waals surface area contributed by atoms with Crippen LogP contribution in [0.5, 0.6) is 0 Å². The van der Waals surface area contributed by atoms with Crippen LogP contribution in [0, 0.1) is 6.92 Å². The minimum Gasteiger partial charge on any atom is -0.309 e. The first kappa shape index (κ1) is 24.4. The lowest BCUT2D eigenvalue weighted by molar-refractivity contribution is -0.124. The molecule has 0 aliphatic carbocycles. The quantitative estimate of drug-likeness (QED) is 0.603. The minimum absolute atomic E-state index is 0.0366. The Morgan fingerprint density at radius 3 is 2.59 bits per heavy atom. The number of hydrogen-bond donors (Lipinski definition) is 1. The number of aromatic nitrogens is 2. The number of aryl methyl sites for hydroxylation is 2. The van der Waals surface area contributed by atoms with Gasteiger partial charge in [0.15, 0.2) is 0 Å². The van der Waals surface area contributed by atoms with Gasteiger partial charge >= 0.3 is 0 Å². The molecule has 1 atom stereocenters. The lowest BCUT2D eigenvalue weighted by atomic mass is 9.99. The third kappa shape index (κ3) is 5.65. The van der Waals surface area contributed by atoms with Crippen LogP contribution in [0.3, 0.4) is 0 Å². The lowest BCUT2D eigenvalue weighted by Gasteiger charge is -2.26. The molecule has 0 bridgehead atoms. The Morgan fingerprint density at radius 2 is 1.88 bits per heavy atom. The van der Waals surface area contributed by atoms with Crippen molar-refractivity contribution in [1.82, 2.24) is 24.9 Å². The minimum atomic E-state index is -0.173. The fourth-order valence-corrected chi connectivity index (χ4v) is 4.98. The number of hydrogen-bond acceptors (Lipinski definition) is 5. The summed E-state index contributed by atoms with van der Waals surface area (Å²) in [6.07, 6.45) is 10.1. The second-order valence-electron chi connectivity index (χ2n) is 9.63. The molecule has 2 aliphatic heterocycles. The van der Waals surface area contributed by atoms with Gasteiger partial charge in [-0.3, -0.25) is 19.3 Å². The summed E-state index contributed by atoms with van der Waals surface area (Å²) in [6, 6.07) is 6.26. The molecule has 2 fully saturated rings. The number of piperidine rings is 1. The number of amides is 1. The molecule has 2 aromatic rings. The first-order valence-corrected chi connectivity index (χ1v) is 12.5. The van der Waals surface area contributed by atoms with Gasteiger partial charge in [0.05, 0.1) is 17.9 Å². The molecular weight excluding hydrogens is 424 g/mol. The third-order valence-electron chi connectivity index (χ3n) is 7.26. The van der Waals surface area contributed by atoms with Gasteiger partial charge in [-0.15, -0.1) is 0 Å². The Morgan fingerprint density at radius 1 is 1.18 bits per heavy atom. The molecule has 0 spiro atoms. The molecule has 0 saturated carbocycles. The molecule has 34 heavy (non-hydrogen) atoms. The maximum atomic E-state index is 12.8. The van der Waals surface area contributed by atoms with Gasteiger partial charge in [0, 0.05) is 19.2 Å². The van der Waals surface area contributed by atoms with Gasteiger partial charge in [-0.25, -0.2) is 4.99 Å². The Kier molecular flexibility index (Phi) is 7.95. The largest absolute Gasteiger partial charge is 0.309 e. The van der Waals surface area contributed by atoms with Crippen LogP contribution in [0.4, 0.5) is 0 Å². The predicted molar refractivity (Wildman–Crippen MR) is 138 cm³/mol. The van der Waals surface area contributed by atoms with Crippen LogP contribution < -0.4 is 5.32 Å². The van der Waals surface area contributed by atoms with Crippen LogP contribution in [0.2, 0.25) is 0 Å². The third-order valence-corrected chi connectivity index (χ3v) is 7.26. The highest BCUT2D eigenvalue weighted by atomic mass is 16.2. The molecule has 182 valence electrons. The topological polar surface area (TPSA) is 65.8 Å². The van der Waals surface area contributed by atoms with E-state index in [-0.39, 0.29) is 11.9 Å². The number of rotatable bonds is 8. The average molecular weight is 463 g/mol. The lowest BCUT2D eigenvalue weighted by Crippen LogP contribution is -2.43. The van der Waals surface area contributed by atoms with Crippen molar-refractivity contribution in [2.24, 2.45) is 12.0 Å². The van der Waals surface area contributed by atoms with Crippen molar-refractivity contribution in [3.8, 4) is 11.1 Å². The van der Waals surface area contributed by atoms with Crippen molar-refractivity contribution >= 4 is 18.7 Å². The fourth-order valence-electron chi connectivity index (χ4n) is 4.98. The average Bonchev–Trinajstić information content (AvgIpc) is 3.51. The van der Waals surface area contributed by atoms with E-state index < -0.39 is 0 Å². The van der Waals surface area contributed by atoms with Gasteiger partial charge < -0.3 is 5.32 Å². The molecule has 7 heteroatoms. The van der Waals surface area contributed by atoms with E-state index in [0.717, 1.165) is 67.8 Å². The van der Waals surface area contributed by atoms with E-state index in [4.69, 9.17) is 0 Å². The molecule has 1 N–H and O–H groups in total. The van der Waals surface area contributed by atoms with Crippen LogP contribution in [0.15, 0.2) is 35.2 Å². The second kappa shape index (κ2) is 11.1. The number of nitrogens with zero attached hydrogens (tertiary/aromatic N) is 5. The highest BCUT2D eigenvalue weighted by Crippen LogP contribution is 2.28. The Labute approximate surface area is 203 Å². The molecule has 3 heterocycles. The van der Waals surface area contributed by atoms with Crippen LogP contribution in [0.1, 0.15) is 55.8 Å². The number of nitrogens with one attached hydrogen (secondary N) is 1. The Balaban J connectivity index is 1.55. The normalized spacial score (nSPS) is 18.7. The smallest absolute Gasteiger partial charge is 0.242 e. The first-order valence-electron chi connectivity index (χ1n) is 12.5. The number of aliphatic imine (C=N–C) groups is 1. The highest BCUT2D eigenvalue weighted by molar-refractivity contribution is 5.84. The molecule has 2 aliphatic rings. The van der Waals surface area contributed by atoms with E-state index in [1.54, 1.807) is 0 Å². The molecule has 4 rings (SSSR count). The first-order chi connectivity index (χ1) is 16.5. The van der Waals surface area contributed by atoms with E-state index in [1.165, 1.54) is 25.0 Å². The van der Waals surface area contributed by atoms with E-state index in [2.05, 4.69) is 57.0 Å². The number of carbonyl (C=O) groups is 1. The molecule has 1 aromatic carbocycles. The second-order valence-corrected chi connectivity index (χ2v) is 9.63. The van der Waals surface area contributed by atoms with Crippen molar-refractivity contribution in [1.29, 1.82) is 0 Å². The van der Waals surface area contributed by atoms with Gasteiger partial charge in [-0.2, -0.15) is 5.10 Å². The zero-order valence-electron chi connectivity index (χ0n) is 20.9. The van der Waals surface area contributed by atoms with Gasteiger partial charge in [-0.1, -0.05) is 18.6 Å². The summed E-state index contributed by atoms with van der Waals surface area (Å²) in [5, 5.41) is 7.54. The van der Waals surface area contributed by atoms with E-state index in [0.29, 0.717) is 5.82 Å². The summed E-state index contributed by atoms with van der Waals surface area (Å²) >= 11 is 0. The summed E-state index contributed by atoms with van der Waals surface area (Å²) in [4.78, 5) is 21.7. The summed E-state index contributed by atoms with van der Waals surface area (Å²) < 4.78 is 2.00. The maximum Gasteiger partial charge on any atom is 0.242 e. The van der Waals surface area contributed by atoms with E-state index >= 15 is 0 Å². The van der Waals surface area contributed by atoms with Crippen molar-refractivity contribution in [2.75, 3.05) is 26.2 Å². The zero-order valence-corrected chi connectivity index (χ0v) is 20.9. The van der Waals surface area contributed by atoms with Crippen LogP contribution in [-0.2, 0) is 18.4 Å². The van der Waals surface area contributed by atoms with Crippen LogP contribution >= 0.6 is 0 Å². The van der Waals surface area contributed by atoms with Gasteiger partial charge in [0.25, 0.3) is 0 Å². The highest BCUT2D eigenvalue weighted by Gasteiger charge is 2.24. The summed E-state index contributed by atoms with van der Waals surface area (Å²) in [5.41, 5.74) is 5.64. The molecule has 7 nitrogen and oxygen atoms in total. The van der Waals surface area contributed by atoms with Gasteiger partial charge in [0.2, 0.25) is 5.91 Å². The fraction of sp³-hybridized carbons (Fsp3) is 0.519. The molecule has 0 radical (unpaired) electrons. The molecule has 1 aromatic heterocycles. The molecule has 1 unspecified atom stereocenters. The molecule has 1 amide bonds. The van der Waals surface area contributed by atoms with Crippen LogP contribution in [-0.4, -0.2) is 64.4 Å². The summed E-state index contributed by atoms with van der Waals surface area (Å²) in [6.45, 7) is 12.9. The monoisotopic (exact) mass is 462 g/mol. The Bertz CT molecular complexity index is 1040. The summed E-state index contributed by atoms with van der Waals surface area (Å²) in [5.74, 6) is 0.446. The number of carbonyl (C=O) groups excluding carboxylic acids is 1. The predicted octanol–water partition coefficient (Wildman–Crippen LogP) is 3.98. The molecule has 2 saturated heterocycles. The summed E-state index contributed by atoms with van der Waals surface area (Å²) in [7, 11) is 2.02. The van der Waals surface area contributed by atoms with E-state index in [9.17, 15) is 4.79 Å². The van der Waals surface area contributed by atoms with Gasteiger partial charge in [-0.05, 0) is 101 Å². The Hall–Kier alpha value is -2.77. The van der Waals surface area contributed by atoms with Crippen molar-refractivity contribution < 1.29 is 4.79 Å². The SMILES string of the molecule is C=N/C(=C\c1cc(-c2cnn(C)c2CN2CCCCC2)ccc1C)NC(=O)C(C)N1CCCC1.